The maximum absolute atomic E-state index is 5.59. The summed E-state index contributed by atoms with van der Waals surface area (Å²) in [6.07, 6.45) is 3.49. The summed E-state index contributed by atoms with van der Waals surface area (Å²) in [6, 6.07) is 7.68. The molecule has 0 spiro atoms. The molecule has 1 aromatic heterocycles. The van der Waals surface area contributed by atoms with E-state index >= 15 is 0 Å². The fraction of sp³-hybridized carbons (Fsp3) is 0.308. The van der Waals surface area contributed by atoms with Gasteiger partial charge in [-0.15, -0.1) is 0 Å². The van der Waals surface area contributed by atoms with Crippen molar-refractivity contribution in [2.24, 2.45) is 0 Å². The Kier molecular flexibility index (Phi) is 3.84. The molecule has 0 aliphatic rings. The number of nitrogens with zero attached hydrogens (tertiary/aromatic N) is 2. The zero-order chi connectivity index (χ0) is 13.0. The molecule has 5 nitrogen and oxygen atoms in total. The minimum atomic E-state index is -0.0430. The van der Waals surface area contributed by atoms with Crippen LogP contribution in [0.3, 0.4) is 0 Å². The van der Waals surface area contributed by atoms with E-state index in [0.717, 1.165) is 17.2 Å². The van der Waals surface area contributed by atoms with E-state index in [1.807, 2.05) is 44.4 Å². The topological polar surface area (TPSA) is 48.3 Å². The van der Waals surface area contributed by atoms with E-state index in [4.69, 9.17) is 9.47 Å². The quantitative estimate of drug-likeness (QED) is 0.819. The molecule has 0 fully saturated rings. The number of ether oxygens (including phenoxy) is 2. The number of nitrogens with one attached hydrogen (secondary N) is 1. The molecule has 1 atom stereocenters. The summed E-state index contributed by atoms with van der Waals surface area (Å²) in [4.78, 5) is 0. The lowest BCUT2D eigenvalue weighted by molar-refractivity contribution is 0.193. The minimum Gasteiger partial charge on any atom is -0.497 e. The Hall–Kier alpha value is -2.01. The van der Waals surface area contributed by atoms with Crippen LogP contribution in [-0.4, -0.2) is 30.2 Å². The molecule has 0 bridgehead atoms. The monoisotopic (exact) mass is 247 g/mol. The number of hydrogen-bond donors (Lipinski definition) is 1. The van der Waals surface area contributed by atoms with Crippen molar-refractivity contribution < 1.29 is 9.47 Å². The van der Waals surface area contributed by atoms with Crippen molar-refractivity contribution in [2.75, 3.05) is 14.2 Å². The van der Waals surface area contributed by atoms with Gasteiger partial charge in [0.15, 0.2) is 5.75 Å². The second-order valence-electron chi connectivity index (χ2n) is 3.87. The van der Waals surface area contributed by atoms with Crippen LogP contribution in [0.4, 0.5) is 0 Å². The summed E-state index contributed by atoms with van der Waals surface area (Å²) in [5.41, 5.74) is 0.961. The van der Waals surface area contributed by atoms with Crippen molar-refractivity contribution in [2.45, 2.75) is 13.2 Å². The molecule has 1 N–H and O–H groups in total. The molecule has 0 radical (unpaired) electrons. The van der Waals surface area contributed by atoms with Gasteiger partial charge in [0.1, 0.15) is 12.0 Å². The largest absolute Gasteiger partial charge is 0.497 e. The summed E-state index contributed by atoms with van der Waals surface area (Å²) in [6.45, 7) is 1.94. The van der Waals surface area contributed by atoms with Gasteiger partial charge in [-0.1, -0.05) is 0 Å². The highest BCUT2D eigenvalue weighted by Gasteiger charge is 2.05. The predicted octanol–water partition coefficient (Wildman–Crippen LogP) is 1.83. The van der Waals surface area contributed by atoms with Crippen LogP contribution in [0, 0.1) is 0 Å². The third-order valence-electron chi connectivity index (χ3n) is 2.62. The smallest absolute Gasteiger partial charge is 0.160 e. The van der Waals surface area contributed by atoms with Crippen molar-refractivity contribution >= 4 is 0 Å². The van der Waals surface area contributed by atoms with Crippen molar-refractivity contribution in [3.63, 3.8) is 0 Å². The van der Waals surface area contributed by atoms with E-state index in [0.29, 0.717) is 0 Å². The first-order valence-corrected chi connectivity index (χ1v) is 5.76. The average Bonchev–Trinajstić information content (AvgIpc) is 2.87. The van der Waals surface area contributed by atoms with Crippen LogP contribution in [0.15, 0.2) is 36.7 Å². The molecule has 96 valence electrons. The summed E-state index contributed by atoms with van der Waals surface area (Å²) < 4.78 is 12.5. The third kappa shape index (κ3) is 2.81. The Labute approximate surface area is 106 Å². The Balaban J connectivity index is 2.13. The molecule has 0 saturated heterocycles. The Morgan fingerprint density at radius 1 is 1.22 bits per heavy atom. The highest BCUT2D eigenvalue weighted by Crippen LogP contribution is 2.17. The normalized spacial score (nSPS) is 12.2. The van der Waals surface area contributed by atoms with Crippen molar-refractivity contribution in [1.82, 2.24) is 15.1 Å². The van der Waals surface area contributed by atoms with Crippen molar-refractivity contribution in [1.29, 1.82) is 0 Å². The second-order valence-corrected chi connectivity index (χ2v) is 3.87. The van der Waals surface area contributed by atoms with Gasteiger partial charge in [-0.2, -0.15) is 5.10 Å². The maximum atomic E-state index is 5.59. The maximum Gasteiger partial charge on any atom is 0.160 e. The van der Waals surface area contributed by atoms with E-state index in [-0.39, 0.29) is 6.23 Å². The molecule has 0 amide bonds. The van der Waals surface area contributed by atoms with Gasteiger partial charge in [0.05, 0.1) is 25.2 Å². The van der Waals surface area contributed by atoms with Gasteiger partial charge in [-0.05, 0) is 38.2 Å². The Morgan fingerprint density at radius 3 is 2.56 bits per heavy atom. The molecule has 5 heteroatoms. The molecule has 2 rings (SSSR count). The molecular weight excluding hydrogens is 230 g/mol. The van der Waals surface area contributed by atoms with Crippen LogP contribution in [-0.2, 0) is 0 Å². The number of benzene rings is 1. The Morgan fingerprint density at radius 2 is 1.94 bits per heavy atom. The van der Waals surface area contributed by atoms with Crippen LogP contribution in [0.2, 0.25) is 0 Å². The van der Waals surface area contributed by atoms with E-state index in [9.17, 15) is 0 Å². The van der Waals surface area contributed by atoms with Crippen LogP contribution >= 0.6 is 0 Å². The summed E-state index contributed by atoms with van der Waals surface area (Å²) >= 11 is 0. The molecule has 18 heavy (non-hydrogen) atoms. The van der Waals surface area contributed by atoms with Gasteiger partial charge < -0.3 is 9.47 Å². The van der Waals surface area contributed by atoms with E-state index in [1.165, 1.54) is 0 Å². The van der Waals surface area contributed by atoms with Crippen LogP contribution < -0.4 is 14.8 Å². The van der Waals surface area contributed by atoms with E-state index in [1.54, 1.807) is 18.0 Å². The lowest BCUT2D eigenvalue weighted by Gasteiger charge is -2.10. The lowest BCUT2D eigenvalue weighted by Crippen LogP contribution is -2.27. The summed E-state index contributed by atoms with van der Waals surface area (Å²) in [5.74, 6) is 1.55. The fourth-order valence-corrected chi connectivity index (χ4v) is 1.51. The molecule has 0 aliphatic carbocycles. The number of aromatic nitrogens is 2. The summed E-state index contributed by atoms with van der Waals surface area (Å²) in [7, 11) is 3.49. The molecule has 0 aliphatic heterocycles. The van der Waals surface area contributed by atoms with Gasteiger partial charge in [0.2, 0.25) is 0 Å². The standard InChI is InChI=1S/C13H17N3O2/c1-10(14-2)18-13-8-15-16(9-13)11-4-6-12(17-3)7-5-11/h4-10,14H,1-3H3. The Bertz CT molecular complexity index is 493. The van der Waals surface area contributed by atoms with Crippen LogP contribution in [0.5, 0.6) is 11.5 Å². The first-order chi connectivity index (χ1) is 8.72. The highest BCUT2D eigenvalue weighted by atomic mass is 16.5. The summed E-state index contributed by atoms with van der Waals surface area (Å²) in [5, 5.41) is 7.25. The minimum absolute atomic E-state index is 0.0430. The van der Waals surface area contributed by atoms with Crippen LogP contribution in [0.25, 0.3) is 5.69 Å². The van der Waals surface area contributed by atoms with Gasteiger partial charge in [-0.25, -0.2) is 4.68 Å². The zero-order valence-corrected chi connectivity index (χ0v) is 10.8. The van der Waals surface area contributed by atoms with Gasteiger partial charge in [0, 0.05) is 0 Å². The fourth-order valence-electron chi connectivity index (χ4n) is 1.51. The average molecular weight is 247 g/mol. The predicted molar refractivity (Wildman–Crippen MR) is 69.3 cm³/mol. The molecule has 1 heterocycles. The number of hydrogen-bond acceptors (Lipinski definition) is 4. The highest BCUT2D eigenvalue weighted by molar-refractivity contribution is 5.37. The lowest BCUT2D eigenvalue weighted by atomic mass is 10.3. The SMILES string of the molecule is CNC(C)Oc1cnn(-c2ccc(OC)cc2)c1. The van der Waals surface area contributed by atoms with E-state index < -0.39 is 0 Å². The van der Waals surface area contributed by atoms with Crippen LogP contribution in [0.1, 0.15) is 6.92 Å². The zero-order valence-electron chi connectivity index (χ0n) is 10.8. The number of methoxy groups -OCH3 is 1. The first kappa shape index (κ1) is 12.4. The molecule has 1 unspecified atom stereocenters. The van der Waals surface area contributed by atoms with Crippen molar-refractivity contribution in [3.8, 4) is 17.2 Å². The molecule has 0 saturated carbocycles. The van der Waals surface area contributed by atoms with E-state index in [2.05, 4.69) is 10.4 Å². The first-order valence-electron chi connectivity index (χ1n) is 5.76. The number of rotatable bonds is 5. The molecule has 2 aromatic rings. The third-order valence-corrected chi connectivity index (χ3v) is 2.62. The van der Waals surface area contributed by atoms with Gasteiger partial charge in [-0.3, -0.25) is 5.32 Å². The molecular formula is C13H17N3O2. The van der Waals surface area contributed by atoms with Gasteiger partial charge in [0.25, 0.3) is 0 Å². The van der Waals surface area contributed by atoms with Crippen molar-refractivity contribution in [3.05, 3.63) is 36.7 Å². The van der Waals surface area contributed by atoms with Gasteiger partial charge >= 0.3 is 0 Å². The molecule has 1 aromatic carbocycles. The second kappa shape index (κ2) is 5.55.